The molecule has 1 aromatic carbocycles. The van der Waals surface area contributed by atoms with Crippen molar-refractivity contribution in [1.29, 1.82) is 0 Å². The van der Waals surface area contributed by atoms with Crippen LogP contribution in [0.5, 0.6) is 5.75 Å². The Labute approximate surface area is 167 Å². The molecule has 0 spiro atoms. The standard InChI is InChI=1S/C17H15ClN6O5/c1-22-10-6-19-24(14(10)15(26)23(2)17(22)27)7-13(25)21-16-20-9-5-11(28-3)8(18)4-12(9)29-16/h4-6H,7H2,1-3H3,(H,20,21,25). The second-order valence-electron chi connectivity index (χ2n) is 6.26. The van der Waals surface area contributed by atoms with Crippen LogP contribution in [0.2, 0.25) is 5.02 Å². The summed E-state index contributed by atoms with van der Waals surface area (Å²) < 4.78 is 14.1. The quantitative estimate of drug-likeness (QED) is 0.521. The zero-order valence-electron chi connectivity index (χ0n) is 15.6. The van der Waals surface area contributed by atoms with E-state index in [0.29, 0.717) is 27.4 Å². The van der Waals surface area contributed by atoms with Crippen LogP contribution in [0.25, 0.3) is 22.1 Å². The summed E-state index contributed by atoms with van der Waals surface area (Å²) in [6.07, 6.45) is 1.36. The van der Waals surface area contributed by atoms with E-state index in [4.69, 9.17) is 20.8 Å². The second kappa shape index (κ2) is 6.78. The lowest BCUT2D eigenvalue weighted by atomic mass is 10.3. The van der Waals surface area contributed by atoms with E-state index in [9.17, 15) is 14.4 Å². The summed E-state index contributed by atoms with van der Waals surface area (Å²) in [6.45, 7) is -0.278. The minimum atomic E-state index is -0.544. The first-order chi connectivity index (χ1) is 13.8. The van der Waals surface area contributed by atoms with E-state index in [1.807, 2.05) is 0 Å². The number of halogens is 1. The van der Waals surface area contributed by atoms with Crippen molar-refractivity contribution in [3.8, 4) is 5.75 Å². The molecule has 11 nitrogen and oxygen atoms in total. The monoisotopic (exact) mass is 418 g/mol. The molecule has 0 fully saturated rings. The van der Waals surface area contributed by atoms with Crippen LogP contribution in [0.1, 0.15) is 0 Å². The molecule has 0 atom stereocenters. The first-order valence-electron chi connectivity index (χ1n) is 8.35. The molecule has 4 rings (SSSR count). The number of oxazole rings is 1. The maximum Gasteiger partial charge on any atom is 0.331 e. The van der Waals surface area contributed by atoms with Crippen molar-refractivity contribution in [3.63, 3.8) is 0 Å². The van der Waals surface area contributed by atoms with E-state index in [1.54, 1.807) is 6.07 Å². The van der Waals surface area contributed by atoms with E-state index in [2.05, 4.69) is 15.4 Å². The number of aryl methyl sites for hydroxylation is 1. The molecule has 29 heavy (non-hydrogen) atoms. The molecule has 0 bridgehead atoms. The van der Waals surface area contributed by atoms with Crippen molar-refractivity contribution in [2.24, 2.45) is 14.1 Å². The Kier molecular flexibility index (Phi) is 4.38. The van der Waals surface area contributed by atoms with Gasteiger partial charge in [-0.25, -0.2) is 9.48 Å². The molecule has 0 aliphatic rings. The number of hydrogen-bond acceptors (Lipinski definition) is 7. The third-order valence-electron chi connectivity index (χ3n) is 4.46. The first-order valence-corrected chi connectivity index (χ1v) is 8.73. The molecule has 0 radical (unpaired) electrons. The number of rotatable bonds is 4. The largest absolute Gasteiger partial charge is 0.495 e. The van der Waals surface area contributed by atoms with Gasteiger partial charge in [-0.15, -0.1) is 0 Å². The van der Waals surface area contributed by atoms with Gasteiger partial charge in [0.25, 0.3) is 5.56 Å². The van der Waals surface area contributed by atoms with Crippen molar-refractivity contribution in [1.82, 2.24) is 23.9 Å². The molecule has 1 amide bonds. The van der Waals surface area contributed by atoms with E-state index < -0.39 is 17.2 Å². The average molecular weight is 419 g/mol. The lowest BCUT2D eigenvalue weighted by molar-refractivity contribution is -0.117. The third kappa shape index (κ3) is 3.05. The van der Waals surface area contributed by atoms with Gasteiger partial charge < -0.3 is 9.15 Å². The number of benzene rings is 1. The minimum Gasteiger partial charge on any atom is -0.495 e. The average Bonchev–Trinajstić information content (AvgIpc) is 3.27. The number of nitrogens with one attached hydrogen (secondary N) is 1. The number of nitrogens with zero attached hydrogens (tertiary/aromatic N) is 5. The van der Waals surface area contributed by atoms with E-state index in [0.717, 1.165) is 4.57 Å². The van der Waals surface area contributed by atoms with Crippen LogP contribution in [0, 0.1) is 0 Å². The highest BCUT2D eigenvalue weighted by atomic mass is 35.5. The Hall–Kier alpha value is -3.60. The Bertz CT molecular complexity index is 1400. The third-order valence-corrected chi connectivity index (χ3v) is 4.76. The SMILES string of the molecule is COc1cc2nc(NC(=O)Cn3ncc4c3c(=O)n(C)c(=O)n4C)oc2cc1Cl. The molecule has 0 aliphatic heterocycles. The second-order valence-corrected chi connectivity index (χ2v) is 6.67. The smallest absolute Gasteiger partial charge is 0.331 e. The Morgan fingerprint density at radius 1 is 1.28 bits per heavy atom. The summed E-state index contributed by atoms with van der Waals surface area (Å²) in [5.41, 5.74) is 0.270. The van der Waals surface area contributed by atoms with Gasteiger partial charge in [-0.1, -0.05) is 11.6 Å². The Morgan fingerprint density at radius 2 is 2.03 bits per heavy atom. The van der Waals surface area contributed by atoms with Crippen LogP contribution < -0.4 is 21.3 Å². The van der Waals surface area contributed by atoms with Crippen LogP contribution in [-0.4, -0.2) is 36.9 Å². The van der Waals surface area contributed by atoms with Gasteiger partial charge in [0.1, 0.15) is 17.8 Å². The summed E-state index contributed by atoms with van der Waals surface area (Å²) in [5.74, 6) is -0.0923. The molecule has 0 saturated carbocycles. The van der Waals surface area contributed by atoms with Crippen LogP contribution >= 0.6 is 11.6 Å². The number of ether oxygens (including phenoxy) is 1. The van der Waals surface area contributed by atoms with E-state index in [-0.39, 0.29) is 18.1 Å². The zero-order chi connectivity index (χ0) is 20.9. The molecule has 12 heteroatoms. The molecule has 0 unspecified atom stereocenters. The zero-order valence-corrected chi connectivity index (χ0v) is 16.4. The lowest BCUT2D eigenvalue weighted by Gasteiger charge is -2.06. The predicted octanol–water partition coefficient (Wildman–Crippen LogP) is 0.876. The van der Waals surface area contributed by atoms with Crippen LogP contribution in [-0.2, 0) is 25.4 Å². The minimum absolute atomic E-state index is 0.0360. The molecule has 3 heterocycles. The molecule has 0 aliphatic carbocycles. The molecule has 1 N–H and O–H groups in total. The normalized spacial score (nSPS) is 11.3. The molecular formula is C17H15ClN6O5. The highest BCUT2D eigenvalue weighted by Gasteiger charge is 2.17. The van der Waals surface area contributed by atoms with Crippen molar-refractivity contribution in [2.75, 3.05) is 12.4 Å². The number of amides is 1. The number of carbonyl (C=O) groups excluding carboxylic acids is 1. The van der Waals surface area contributed by atoms with Gasteiger partial charge in [0.2, 0.25) is 5.91 Å². The summed E-state index contributed by atoms with van der Waals surface area (Å²) in [4.78, 5) is 41.0. The van der Waals surface area contributed by atoms with Crippen LogP contribution in [0.15, 0.2) is 32.3 Å². The Balaban J connectivity index is 1.63. The van der Waals surface area contributed by atoms with Crippen molar-refractivity contribution >= 4 is 45.7 Å². The van der Waals surface area contributed by atoms with Crippen molar-refractivity contribution < 1.29 is 13.9 Å². The number of fused-ring (bicyclic) bond motifs is 2. The van der Waals surface area contributed by atoms with Crippen LogP contribution in [0.4, 0.5) is 6.01 Å². The highest BCUT2D eigenvalue weighted by Crippen LogP contribution is 2.31. The van der Waals surface area contributed by atoms with Gasteiger partial charge in [0.15, 0.2) is 11.1 Å². The van der Waals surface area contributed by atoms with Crippen molar-refractivity contribution in [2.45, 2.75) is 6.54 Å². The molecule has 0 saturated heterocycles. The lowest BCUT2D eigenvalue weighted by Crippen LogP contribution is -2.37. The summed E-state index contributed by atoms with van der Waals surface area (Å²) in [5, 5.41) is 6.91. The van der Waals surface area contributed by atoms with Crippen molar-refractivity contribution in [3.05, 3.63) is 44.2 Å². The van der Waals surface area contributed by atoms with Crippen LogP contribution in [0.3, 0.4) is 0 Å². The summed E-state index contributed by atoms with van der Waals surface area (Å²) in [7, 11) is 4.36. The maximum absolute atomic E-state index is 12.4. The van der Waals surface area contributed by atoms with Gasteiger partial charge in [0, 0.05) is 26.2 Å². The van der Waals surface area contributed by atoms with Gasteiger partial charge in [-0.2, -0.15) is 10.1 Å². The van der Waals surface area contributed by atoms with E-state index >= 15 is 0 Å². The summed E-state index contributed by atoms with van der Waals surface area (Å²) in [6, 6.07) is 3.08. The van der Waals surface area contributed by atoms with E-state index in [1.165, 1.54) is 42.7 Å². The van der Waals surface area contributed by atoms with Gasteiger partial charge in [-0.05, 0) is 0 Å². The number of anilines is 1. The van der Waals surface area contributed by atoms with Gasteiger partial charge in [0.05, 0.1) is 23.8 Å². The van der Waals surface area contributed by atoms with Gasteiger partial charge in [-0.3, -0.25) is 24.0 Å². The fourth-order valence-electron chi connectivity index (χ4n) is 2.97. The fourth-order valence-corrected chi connectivity index (χ4v) is 3.20. The number of carbonyl (C=O) groups is 1. The molecular weight excluding hydrogens is 404 g/mol. The number of aromatic nitrogens is 5. The number of hydrogen-bond donors (Lipinski definition) is 1. The van der Waals surface area contributed by atoms with Gasteiger partial charge >= 0.3 is 11.7 Å². The highest BCUT2D eigenvalue weighted by molar-refractivity contribution is 6.32. The molecule has 150 valence electrons. The first kappa shape index (κ1) is 18.7. The topological polar surface area (TPSA) is 126 Å². The molecule has 3 aromatic heterocycles. The predicted molar refractivity (Wildman–Crippen MR) is 104 cm³/mol. The number of methoxy groups -OCH3 is 1. The maximum atomic E-state index is 12.4. The summed E-state index contributed by atoms with van der Waals surface area (Å²) >= 11 is 6.05. The molecule has 4 aromatic rings. The Morgan fingerprint density at radius 3 is 2.76 bits per heavy atom. The fraction of sp³-hybridized carbons (Fsp3) is 0.235.